The fourth-order valence-electron chi connectivity index (χ4n) is 7.37. The van der Waals surface area contributed by atoms with Crippen molar-refractivity contribution in [3.05, 3.63) is 12.7 Å². The second kappa shape index (κ2) is 7.59. The molecule has 4 rings (SSSR count). The molecule has 3 N–H and O–H groups in total. The number of aliphatic hydroxyl groups is 3. The van der Waals surface area contributed by atoms with Crippen LogP contribution in [0.4, 0.5) is 0 Å². The van der Waals surface area contributed by atoms with Crippen molar-refractivity contribution in [3.8, 4) is 0 Å². The van der Waals surface area contributed by atoms with Crippen LogP contribution < -0.4 is 0 Å². The standard InChI is InChI=1S/C25H38O8/c1-7-22(4)11-10-15-23(5)16(21(2,3)19(27)25(29,30)20(23)28)13-17(24(15,6)33-22)32-18(26)14-9-8-12-31-14/h7,14-17,19,27,29-30H,1,8-13H2,2-6H3/t14?,15-,16+,17+,19?,22+,23-,24+/m1/s1. The zero-order valence-corrected chi connectivity index (χ0v) is 20.3. The number of Topliss-reactive ketones (excluding diaryl/α,β-unsaturated/α-hetero) is 1. The van der Waals surface area contributed by atoms with E-state index in [-0.39, 0.29) is 6.42 Å². The van der Waals surface area contributed by atoms with Crippen LogP contribution in [0.15, 0.2) is 12.7 Å². The van der Waals surface area contributed by atoms with E-state index in [0.717, 1.165) is 6.42 Å². The van der Waals surface area contributed by atoms with E-state index in [9.17, 15) is 24.9 Å². The van der Waals surface area contributed by atoms with Gasteiger partial charge in [-0.3, -0.25) is 4.79 Å². The SMILES string of the molecule is C=C[C@@]1(C)CC[C@H]2[C@](C)(O1)[C@@H](OC(=O)C1CCCO1)C[C@H]1C(C)(C)C(O)C(O)(O)C(=O)[C@@]12C. The van der Waals surface area contributed by atoms with E-state index in [2.05, 4.69) is 6.58 Å². The Balaban J connectivity index is 1.80. The molecule has 8 heteroatoms. The first kappa shape index (κ1) is 24.8. The van der Waals surface area contributed by atoms with E-state index in [4.69, 9.17) is 14.2 Å². The molecule has 0 amide bonds. The molecule has 0 aromatic rings. The van der Waals surface area contributed by atoms with Gasteiger partial charge in [0.15, 0.2) is 6.10 Å². The Morgan fingerprint density at radius 3 is 2.39 bits per heavy atom. The number of aliphatic hydroxyl groups excluding tert-OH is 1. The van der Waals surface area contributed by atoms with Gasteiger partial charge in [-0.15, -0.1) is 6.58 Å². The van der Waals surface area contributed by atoms with Crippen LogP contribution >= 0.6 is 0 Å². The zero-order chi connectivity index (χ0) is 24.6. The summed E-state index contributed by atoms with van der Waals surface area (Å²) in [6, 6.07) is 0. The number of hydrogen-bond acceptors (Lipinski definition) is 8. The highest BCUT2D eigenvalue weighted by atomic mass is 16.6. The quantitative estimate of drug-likeness (QED) is 0.327. The highest BCUT2D eigenvalue weighted by Crippen LogP contribution is 2.66. The van der Waals surface area contributed by atoms with Crippen molar-refractivity contribution in [1.82, 2.24) is 0 Å². The Morgan fingerprint density at radius 2 is 1.82 bits per heavy atom. The molecular weight excluding hydrogens is 428 g/mol. The van der Waals surface area contributed by atoms with Gasteiger partial charge in [0.05, 0.1) is 5.60 Å². The molecule has 33 heavy (non-hydrogen) atoms. The molecule has 0 radical (unpaired) electrons. The molecular formula is C25H38O8. The molecule has 2 saturated carbocycles. The summed E-state index contributed by atoms with van der Waals surface area (Å²) in [6.45, 7) is 13.4. The van der Waals surface area contributed by atoms with Crippen molar-refractivity contribution in [2.75, 3.05) is 6.61 Å². The first-order valence-corrected chi connectivity index (χ1v) is 12.0. The van der Waals surface area contributed by atoms with Gasteiger partial charge >= 0.3 is 5.97 Å². The van der Waals surface area contributed by atoms with E-state index in [0.29, 0.717) is 25.9 Å². The highest BCUT2D eigenvalue weighted by Gasteiger charge is 2.75. The number of carbonyl (C=O) groups is 2. The van der Waals surface area contributed by atoms with Crippen molar-refractivity contribution < 1.29 is 39.1 Å². The average Bonchev–Trinajstić information content (AvgIpc) is 3.28. The predicted molar refractivity (Wildman–Crippen MR) is 118 cm³/mol. The van der Waals surface area contributed by atoms with Crippen molar-refractivity contribution in [3.63, 3.8) is 0 Å². The van der Waals surface area contributed by atoms with E-state index in [1.807, 2.05) is 13.8 Å². The van der Waals surface area contributed by atoms with Crippen molar-refractivity contribution >= 4 is 11.8 Å². The second-order valence-electron chi connectivity index (χ2n) is 11.7. The van der Waals surface area contributed by atoms with Gasteiger partial charge in [-0.1, -0.05) is 26.8 Å². The maximum atomic E-state index is 13.6. The number of carbonyl (C=O) groups excluding carboxylic acids is 2. The summed E-state index contributed by atoms with van der Waals surface area (Å²) in [5, 5.41) is 32.3. The normalized spacial score (nSPS) is 48.5. The van der Waals surface area contributed by atoms with Gasteiger partial charge < -0.3 is 29.5 Å². The molecule has 0 aromatic carbocycles. The second-order valence-corrected chi connectivity index (χ2v) is 11.7. The molecule has 0 aromatic heterocycles. The lowest BCUT2D eigenvalue weighted by Gasteiger charge is -2.67. The minimum atomic E-state index is -2.88. The number of ketones is 1. The van der Waals surface area contributed by atoms with Crippen LogP contribution in [0, 0.1) is 22.7 Å². The molecule has 4 aliphatic rings. The number of hydrogen-bond donors (Lipinski definition) is 3. The Morgan fingerprint density at radius 1 is 1.15 bits per heavy atom. The summed E-state index contributed by atoms with van der Waals surface area (Å²) in [4.78, 5) is 26.6. The molecule has 0 bridgehead atoms. The summed E-state index contributed by atoms with van der Waals surface area (Å²) in [5.41, 5.74) is -4.02. The fourth-order valence-corrected chi connectivity index (χ4v) is 7.37. The van der Waals surface area contributed by atoms with E-state index >= 15 is 0 Å². The van der Waals surface area contributed by atoms with Crippen LogP contribution in [-0.2, 0) is 23.8 Å². The largest absolute Gasteiger partial charge is 0.457 e. The topological polar surface area (TPSA) is 123 Å². The van der Waals surface area contributed by atoms with Crippen molar-refractivity contribution in [2.45, 2.75) is 102 Å². The van der Waals surface area contributed by atoms with Crippen LogP contribution in [0.25, 0.3) is 0 Å². The first-order valence-electron chi connectivity index (χ1n) is 12.0. The minimum absolute atomic E-state index is 0.237. The molecule has 2 unspecified atom stereocenters. The lowest BCUT2D eigenvalue weighted by atomic mass is 9.41. The molecule has 186 valence electrons. The Labute approximate surface area is 195 Å². The first-order chi connectivity index (χ1) is 15.1. The van der Waals surface area contributed by atoms with Gasteiger partial charge in [0.25, 0.3) is 5.79 Å². The fraction of sp³-hybridized carbons (Fsp3) is 0.840. The summed E-state index contributed by atoms with van der Waals surface area (Å²) < 4.78 is 18.2. The smallest absolute Gasteiger partial charge is 0.335 e. The number of fused-ring (bicyclic) bond motifs is 3. The third-order valence-electron chi connectivity index (χ3n) is 9.30. The lowest BCUT2D eigenvalue weighted by Crippen LogP contribution is -2.77. The van der Waals surface area contributed by atoms with Crippen LogP contribution in [0.1, 0.15) is 66.7 Å². The van der Waals surface area contributed by atoms with Gasteiger partial charge in [0.2, 0.25) is 5.78 Å². The van der Waals surface area contributed by atoms with Gasteiger partial charge in [-0.2, -0.15) is 0 Å². The number of rotatable bonds is 3. The summed E-state index contributed by atoms with van der Waals surface area (Å²) >= 11 is 0. The third-order valence-corrected chi connectivity index (χ3v) is 9.30. The Bertz CT molecular complexity index is 845. The van der Waals surface area contributed by atoms with E-state index < -0.39 is 69.7 Å². The molecule has 4 fully saturated rings. The molecule has 0 spiro atoms. The van der Waals surface area contributed by atoms with Crippen LogP contribution in [0.5, 0.6) is 0 Å². The van der Waals surface area contributed by atoms with Gasteiger partial charge in [-0.25, -0.2) is 4.79 Å². The molecule has 2 aliphatic heterocycles. The molecule has 2 heterocycles. The Hall–Kier alpha value is -1.32. The van der Waals surface area contributed by atoms with Crippen molar-refractivity contribution in [2.24, 2.45) is 22.7 Å². The summed E-state index contributed by atoms with van der Waals surface area (Å²) in [5.74, 6) is -5.09. The number of esters is 1. The van der Waals surface area contributed by atoms with Crippen LogP contribution in [0.2, 0.25) is 0 Å². The third kappa shape index (κ3) is 3.36. The van der Waals surface area contributed by atoms with Crippen molar-refractivity contribution in [1.29, 1.82) is 0 Å². The van der Waals surface area contributed by atoms with E-state index in [1.165, 1.54) is 0 Å². The Kier molecular flexibility index (Phi) is 5.70. The number of ether oxygens (including phenoxy) is 3. The molecule has 2 aliphatic carbocycles. The van der Waals surface area contributed by atoms with Gasteiger partial charge in [-0.05, 0) is 51.9 Å². The van der Waals surface area contributed by atoms with E-state index in [1.54, 1.807) is 26.8 Å². The summed E-state index contributed by atoms with van der Waals surface area (Å²) in [6.07, 6.45) is 1.44. The highest BCUT2D eigenvalue weighted by molar-refractivity contribution is 5.93. The monoisotopic (exact) mass is 466 g/mol. The molecule has 2 saturated heterocycles. The summed E-state index contributed by atoms with van der Waals surface area (Å²) in [7, 11) is 0. The predicted octanol–water partition coefficient (Wildman–Crippen LogP) is 1.88. The minimum Gasteiger partial charge on any atom is -0.457 e. The lowest BCUT2D eigenvalue weighted by molar-refractivity contribution is -0.325. The van der Waals surface area contributed by atoms with Crippen LogP contribution in [0.3, 0.4) is 0 Å². The maximum absolute atomic E-state index is 13.6. The molecule has 8 nitrogen and oxygen atoms in total. The van der Waals surface area contributed by atoms with Gasteiger partial charge in [0.1, 0.15) is 17.8 Å². The zero-order valence-electron chi connectivity index (χ0n) is 20.3. The average molecular weight is 467 g/mol. The molecule has 8 atom stereocenters. The maximum Gasteiger partial charge on any atom is 0.335 e. The van der Waals surface area contributed by atoms with Gasteiger partial charge in [0, 0.05) is 23.4 Å². The van der Waals surface area contributed by atoms with Crippen LogP contribution in [-0.4, -0.2) is 69.0 Å².